The SMILES string of the molecule is CSCCC(CN)N(CCC(C)C)C1CC1. The number of thioether (sulfide) groups is 1. The van der Waals surface area contributed by atoms with Crippen LogP contribution < -0.4 is 5.73 Å². The van der Waals surface area contributed by atoms with Crippen LogP contribution in [0, 0.1) is 5.92 Å². The zero-order chi connectivity index (χ0) is 12.0. The molecule has 0 aromatic heterocycles. The fraction of sp³-hybridized carbons (Fsp3) is 1.00. The summed E-state index contributed by atoms with van der Waals surface area (Å²) in [4.78, 5) is 2.69. The van der Waals surface area contributed by atoms with Gasteiger partial charge in [-0.1, -0.05) is 13.8 Å². The van der Waals surface area contributed by atoms with Crippen LogP contribution in [-0.4, -0.2) is 42.1 Å². The third kappa shape index (κ3) is 5.07. The lowest BCUT2D eigenvalue weighted by atomic mass is 10.1. The maximum absolute atomic E-state index is 5.94. The highest BCUT2D eigenvalue weighted by Crippen LogP contribution is 2.30. The van der Waals surface area contributed by atoms with Crippen molar-refractivity contribution < 1.29 is 0 Å². The van der Waals surface area contributed by atoms with Gasteiger partial charge in [0.25, 0.3) is 0 Å². The van der Waals surface area contributed by atoms with Crippen molar-refractivity contribution in [2.24, 2.45) is 11.7 Å². The van der Waals surface area contributed by atoms with Gasteiger partial charge in [-0.05, 0) is 50.2 Å². The van der Waals surface area contributed by atoms with Crippen molar-refractivity contribution in [3.8, 4) is 0 Å². The third-order valence-corrected chi connectivity index (χ3v) is 4.02. The lowest BCUT2D eigenvalue weighted by molar-refractivity contribution is 0.176. The first-order chi connectivity index (χ1) is 7.69. The van der Waals surface area contributed by atoms with Crippen molar-refractivity contribution in [2.75, 3.05) is 25.1 Å². The molecule has 0 bridgehead atoms. The maximum atomic E-state index is 5.94. The molecule has 1 rings (SSSR count). The molecule has 0 saturated heterocycles. The summed E-state index contributed by atoms with van der Waals surface area (Å²) in [5, 5.41) is 0. The van der Waals surface area contributed by atoms with Crippen molar-refractivity contribution in [1.82, 2.24) is 4.90 Å². The predicted molar refractivity (Wildman–Crippen MR) is 75.0 cm³/mol. The Morgan fingerprint density at radius 3 is 2.44 bits per heavy atom. The van der Waals surface area contributed by atoms with E-state index in [0.29, 0.717) is 6.04 Å². The van der Waals surface area contributed by atoms with Crippen molar-refractivity contribution in [3.63, 3.8) is 0 Å². The van der Waals surface area contributed by atoms with Crippen molar-refractivity contribution >= 4 is 11.8 Å². The van der Waals surface area contributed by atoms with Crippen LogP contribution in [0.2, 0.25) is 0 Å². The van der Waals surface area contributed by atoms with E-state index in [1.807, 2.05) is 11.8 Å². The fourth-order valence-electron chi connectivity index (χ4n) is 2.15. The average Bonchev–Trinajstić information content (AvgIpc) is 3.06. The summed E-state index contributed by atoms with van der Waals surface area (Å²) in [6.45, 7) is 6.70. The molecule has 2 nitrogen and oxygen atoms in total. The quantitative estimate of drug-likeness (QED) is 0.676. The van der Waals surface area contributed by atoms with Gasteiger partial charge in [-0.3, -0.25) is 4.90 Å². The van der Waals surface area contributed by atoms with Gasteiger partial charge in [-0.15, -0.1) is 0 Å². The zero-order valence-corrected chi connectivity index (χ0v) is 11.9. The highest BCUT2D eigenvalue weighted by atomic mass is 32.2. The van der Waals surface area contributed by atoms with E-state index in [1.54, 1.807) is 0 Å². The Balaban J connectivity index is 2.39. The minimum atomic E-state index is 0.624. The molecule has 1 atom stereocenters. The lowest BCUT2D eigenvalue weighted by Gasteiger charge is -2.31. The van der Waals surface area contributed by atoms with Gasteiger partial charge in [-0.25, -0.2) is 0 Å². The Bertz CT molecular complexity index is 181. The molecule has 0 radical (unpaired) electrons. The first-order valence-corrected chi connectivity index (χ1v) is 8.03. The molecule has 2 N–H and O–H groups in total. The van der Waals surface area contributed by atoms with E-state index in [0.717, 1.165) is 18.5 Å². The Morgan fingerprint density at radius 1 is 1.31 bits per heavy atom. The second kappa shape index (κ2) is 7.57. The van der Waals surface area contributed by atoms with Gasteiger partial charge in [0.15, 0.2) is 0 Å². The highest BCUT2D eigenvalue weighted by molar-refractivity contribution is 7.98. The lowest BCUT2D eigenvalue weighted by Crippen LogP contribution is -2.43. The first kappa shape index (κ1) is 14.3. The summed E-state index contributed by atoms with van der Waals surface area (Å²) in [6.07, 6.45) is 7.55. The molecule has 16 heavy (non-hydrogen) atoms. The molecular weight excluding hydrogens is 216 g/mol. The molecule has 1 aliphatic carbocycles. The summed E-state index contributed by atoms with van der Waals surface area (Å²) in [5.41, 5.74) is 5.94. The molecule has 0 aliphatic heterocycles. The Hall–Kier alpha value is 0.270. The van der Waals surface area contributed by atoms with Crippen LogP contribution >= 0.6 is 11.8 Å². The van der Waals surface area contributed by atoms with E-state index < -0.39 is 0 Å². The average molecular weight is 244 g/mol. The Morgan fingerprint density at radius 2 is 2.00 bits per heavy atom. The van der Waals surface area contributed by atoms with Gasteiger partial charge in [0, 0.05) is 18.6 Å². The largest absolute Gasteiger partial charge is 0.329 e. The minimum absolute atomic E-state index is 0.624. The molecule has 1 saturated carbocycles. The molecular formula is C13H28N2S. The van der Waals surface area contributed by atoms with Crippen LogP contribution in [0.1, 0.15) is 39.5 Å². The Kier molecular flexibility index (Phi) is 6.78. The summed E-state index contributed by atoms with van der Waals surface area (Å²) < 4.78 is 0. The second-order valence-corrected chi connectivity index (χ2v) is 6.31. The van der Waals surface area contributed by atoms with Gasteiger partial charge in [0.05, 0.1) is 0 Å². The summed E-state index contributed by atoms with van der Waals surface area (Å²) >= 11 is 1.94. The number of nitrogens with two attached hydrogens (primary N) is 1. The van der Waals surface area contributed by atoms with Crippen molar-refractivity contribution in [2.45, 2.75) is 51.6 Å². The monoisotopic (exact) mass is 244 g/mol. The van der Waals surface area contributed by atoms with E-state index >= 15 is 0 Å². The van der Waals surface area contributed by atoms with E-state index in [2.05, 4.69) is 25.0 Å². The molecule has 96 valence electrons. The van der Waals surface area contributed by atoms with Gasteiger partial charge < -0.3 is 5.73 Å². The smallest absolute Gasteiger partial charge is 0.0229 e. The zero-order valence-electron chi connectivity index (χ0n) is 11.1. The van der Waals surface area contributed by atoms with Crippen LogP contribution in [0.15, 0.2) is 0 Å². The standard InChI is InChI=1S/C13H28N2S/c1-11(2)6-8-15(12-4-5-12)13(10-14)7-9-16-3/h11-13H,4-10,14H2,1-3H3. The number of hydrogen-bond acceptors (Lipinski definition) is 3. The van der Waals surface area contributed by atoms with Gasteiger partial charge >= 0.3 is 0 Å². The van der Waals surface area contributed by atoms with Crippen LogP contribution in [-0.2, 0) is 0 Å². The van der Waals surface area contributed by atoms with Gasteiger partial charge in [-0.2, -0.15) is 11.8 Å². The van der Waals surface area contributed by atoms with Crippen LogP contribution in [0.4, 0.5) is 0 Å². The predicted octanol–water partition coefficient (Wildman–Crippen LogP) is 2.58. The molecule has 0 aromatic rings. The molecule has 0 aromatic carbocycles. The molecule has 0 spiro atoms. The summed E-state index contributed by atoms with van der Waals surface area (Å²) in [6, 6.07) is 1.48. The fourth-order valence-corrected chi connectivity index (χ4v) is 2.66. The molecule has 0 amide bonds. The van der Waals surface area contributed by atoms with Crippen LogP contribution in [0.25, 0.3) is 0 Å². The van der Waals surface area contributed by atoms with E-state index in [-0.39, 0.29) is 0 Å². The molecule has 1 aliphatic rings. The molecule has 1 fully saturated rings. The van der Waals surface area contributed by atoms with Crippen LogP contribution in [0.5, 0.6) is 0 Å². The van der Waals surface area contributed by atoms with E-state index in [9.17, 15) is 0 Å². The van der Waals surface area contributed by atoms with E-state index in [1.165, 1.54) is 38.0 Å². The number of hydrogen-bond donors (Lipinski definition) is 1. The molecule has 1 unspecified atom stereocenters. The van der Waals surface area contributed by atoms with Crippen molar-refractivity contribution in [3.05, 3.63) is 0 Å². The molecule has 3 heteroatoms. The third-order valence-electron chi connectivity index (χ3n) is 3.38. The first-order valence-electron chi connectivity index (χ1n) is 6.63. The normalized spacial score (nSPS) is 18.4. The van der Waals surface area contributed by atoms with E-state index in [4.69, 9.17) is 5.73 Å². The number of nitrogens with zero attached hydrogens (tertiary/aromatic N) is 1. The van der Waals surface area contributed by atoms with Gasteiger partial charge in [0.1, 0.15) is 0 Å². The highest BCUT2D eigenvalue weighted by Gasteiger charge is 2.32. The van der Waals surface area contributed by atoms with Crippen LogP contribution in [0.3, 0.4) is 0 Å². The Labute approximate surface area is 105 Å². The number of rotatable bonds is 9. The van der Waals surface area contributed by atoms with Gasteiger partial charge in [0.2, 0.25) is 0 Å². The summed E-state index contributed by atoms with van der Waals surface area (Å²) in [5.74, 6) is 2.05. The topological polar surface area (TPSA) is 29.3 Å². The maximum Gasteiger partial charge on any atom is 0.0229 e. The molecule has 0 heterocycles. The second-order valence-electron chi connectivity index (χ2n) is 5.32. The summed E-state index contributed by atoms with van der Waals surface area (Å²) in [7, 11) is 0. The minimum Gasteiger partial charge on any atom is -0.329 e. The van der Waals surface area contributed by atoms with Crippen molar-refractivity contribution in [1.29, 1.82) is 0 Å².